The number of halogens is 1. The van der Waals surface area contributed by atoms with E-state index in [9.17, 15) is 9.90 Å². The van der Waals surface area contributed by atoms with Crippen LogP contribution in [0, 0.1) is 0 Å². The fraction of sp³-hybridized carbons (Fsp3) is 0.278. The van der Waals surface area contributed by atoms with Gasteiger partial charge in [-0.25, -0.2) is 0 Å². The summed E-state index contributed by atoms with van der Waals surface area (Å²) in [6.07, 6.45) is 0.740. The first kappa shape index (κ1) is 16.6. The molecule has 2 aliphatic rings. The van der Waals surface area contributed by atoms with Crippen molar-refractivity contribution in [1.82, 2.24) is 5.32 Å². The summed E-state index contributed by atoms with van der Waals surface area (Å²) in [7, 11) is 1.52. The minimum atomic E-state index is -0.613. The van der Waals surface area contributed by atoms with Crippen molar-refractivity contribution in [3.05, 3.63) is 53.6 Å². The van der Waals surface area contributed by atoms with Crippen LogP contribution in [0.4, 0.5) is 5.69 Å². The predicted octanol–water partition coefficient (Wildman–Crippen LogP) is 2.75. The van der Waals surface area contributed by atoms with Gasteiger partial charge in [-0.2, -0.15) is 0 Å². The molecule has 2 atom stereocenters. The number of para-hydroxylation sites is 1. The Bertz CT molecular complexity index is 796. The van der Waals surface area contributed by atoms with Crippen molar-refractivity contribution >= 4 is 24.0 Å². The molecule has 0 saturated carbocycles. The number of carbonyl (C=O) groups excluding carboxylic acids is 1. The van der Waals surface area contributed by atoms with Crippen molar-refractivity contribution in [2.45, 2.75) is 17.9 Å². The van der Waals surface area contributed by atoms with Crippen molar-refractivity contribution in [2.75, 3.05) is 19.0 Å². The van der Waals surface area contributed by atoms with Crippen molar-refractivity contribution in [3.63, 3.8) is 0 Å². The maximum atomic E-state index is 12.8. The van der Waals surface area contributed by atoms with Gasteiger partial charge in [0, 0.05) is 5.69 Å². The fourth-order valence-electron chi connectivity index (χ4n) is 3.88. The zero-order valence-corrected chi connectivity index (χ0v) is 14.0. The summed E-state index contributed by atoms with van der Waals surface area (Å²) in [5, 5.41) is 16.3. The SMILES string of the molecule is COc1cc(C2NCCC23C(=O)Nc2ccccc23)ccc1O.Cl. The summed E-state index contributed by atoms with van der Waals surface area (Å²) >= 11 is 0. The van der Waals surface area contributed by atoms with Gasteiger partial charge in [0.05, 0.1) is 18.6 Å². The highest BCUT2D eigenvalue weighted by Gasteiger charge is 2.55. The Labute approximate surface area is 146 Å². The monoisotopic (exact) mass is 346 g/mol. The van der Waals surface area contributed by atoms with Crippen molar-refractivity contribution in [2.24, 2.45) is 0 Å². The molecule has 0 aliphatic carbocycles. The van der Waals surface area contributed by atoms with Crippen LogP contribution in [-0.4, -0.2) is 24.7 Å². The number of hydrogen-bond acceptors (Lipinski definition) is 4. The molecule has 0 bridgehead atoms. The highest BCUT2D eigenvalue weighted by Crippen LogP contribution is 2.51. The number of carbonyl (C=O) groups is 1. The van der Waals surface area contributed by atoms with Gasteiger partial charge >= 0.3 is 0 Å². The van der Waals surface area contributed by atoms with Crippen LogP contribution in [0.1, 0.15) is 23.6 Å². The molecular formula is C18H19ClN2O3. The molecule has 1 fully saturated rings. The molecule has 5 nitrogen and oxygen atoms in total. The quantitative estimate of drug-likeness (QED) is 0.782. The number of aromatic hydroxyl groups is 1. The van der Waals surface area contributed by atoms with Gasteiger partial charge in [-0.3, -0.25) is 4.79 Å². The minimum absolute atomic E-state index is 0. The first-order valence-electron chi connectivity index (χ1n) is 7.68. The van der Waals surface area contributed by atoms with Crippen molar-refractivity contribution < 1.29 is 14.6 Å². The summed E-state index contributed by atoms with van der Waals surface area (Å²) < 4.78 is 5.21. The minimum Gasteiger partial charge on any atom is -0.504 e. The molecule has 0 radical (unpaired) electrons. The van der Waals surface area contributed by atoms with Crippen molar-refractivity contribution in [1.29, 1.82) is 0 Å². The third kappa shape index (κ3) is 2.16. The van der Waals surface area contributed by atoms with Gasteiger partial charge < -0.3 is 20.5 Å². The third-order valence-electron chi connectivity index (χ3n) is 4.96. The highest BCUT2D eigenvalue weighted by molar-refractivity contribution is 6.07. The second kappa shape index (κ2) is 6.00. The van der Waals surface area contributed by atoms with Crippen LogP contribution in [0.25, 0.3) is 0 Å². The molecule has 2 aliphatic heterocycles. The highest BCUT2D eigenvalue weighted by atomic mass is 35.5. The van der Waals surface area contributed by atoms with E-state index in [1.807, 2.05) is 30.3 Å². The van der Waals surface area contributed by atoms with Crippen LogP contribution < -0.4 is 15.4 Å². The predicted molar refractivity (Wildman–Crippen MR) is 94.0 cm³/mol. The number of phenolic OH excluding ortho intramolecular Hbond substituents is 1. The van der Waals surface area contributed by atoms with Crippen LogP contribution in [0.15, 0.2) is 42.5 Å². The Kier molecular flexibility index (Phi) is 4.15. The number of phenols is 1. The van der Waals surface area contributed by atoms with Gasteiger partial charge in [0.1, 0.15) is 0 Å². The Morgan fingerprint density at radius 2 is 2.04 bits per heavy atom. The van der Waals surface area contributed by atoms with Gasteiger partial charge in [-0.15, -0.1) is 12.4 Å². The topological polar surface area (TPSA) is 70.6 Å². The van der Waals surface area contributed by atoms with E-state index in [0.29, 0.717) is 5.75 Å². The van der Waals surface area contributed by atoms with Crippen molar-refractivity contribution in [3.8, 4) is 11.5 Å². The van der Waals surface area contributed by atoms with Gasteiger partial charge in [-0.1, -0.05) is 24.3 Å². The number of amides is 1. The lowest BCUT2D eigenvalue weighted by atomic mass is 9.73. The smallest absolute Gasteiger partial charge is 0.237 e. The lowest BCUT2D eigenvalue weighted by Gasteiger charge is -2.29. The molecule has 2 heterocycles. The largest absolute Gasteiger partial charge is 0.504 e. The Hall–Kier alpha value is -2.24. The van der Waals surface area contributed by atoms with E-state index >= 15 is 0 Å². The second-order valence-corrected chi connectivity index (χ2v) is 6.04. The molecule has 2 aromatic rings. The molecular weight excluding hydrogens is 328 g/mol. The van der Waals surface area contributed by atoms with Gasteiger partial charge in [-0.05, 0) is 42.3 Å². The number of ether oxygens (including phenoxy) is 1. The van der Waals surface area contributed by atoms with E-state index in [2.05, 4.69) is 10.6 Å². The molecule has 3 N–H and O–H groups in total. The Morgan fingerprint density at radius 3 is 2.83 bits per heavy atom. The van der Waals surface area contributed by atoms with E-state index in [-0.39, 0.29) is 30.1 Å². The molecule has 1 saturated heterocycles. The fourth-order valence-corrected chi connectivity index (χ4v) is 3.88. The van der Waals surface area contributed by atoms with Crippen LogP contribution >= 0.6 is 12.4 Å². The molecule has 2 unspecified atom stereocenters. The lowest BCUT2D eigenvalue weighted by Crippen LogP contribution is -2.39. The van der Waals surface area contributed by atoms with E-state index in [1.165, 1.54) is 7.11 Å². The molecule has 0 aromatic heterocycles. The number of nitrogens with one attached hydrogen (secondary N) is 2. The second-order valence-electron chi connectivity index (χ2n) is 6.04. The summed E-state index contributed by atoms with van der Waals surface area (Å²) in [5.41, 5.74) is 2.24. The number of fused-ring (bicyclic) bond motifs is 2. The van der Waals surface area contributed by atoms with E-state index in [4.69, 9.17) is 4.74 Å². The molecule has 4 rings (SSSR count). The van der Waals surface area contributed by atoms with Gasteiger partial charge in [0.25, 0.3) is 0 Å². The first-order valence-corrected chi connectivity index (χ1v) is 7.68. The molecule has 126 valence electrons. The van der Waals surface area contributed by atoms with E-state index in [1.54, 1.807) is 12.1 Å². The zero-order valence-electron chi connectivity index (χ0n) is 13.2. The first-order chi connectivity index (χ1) is 11.2. The molecule has 6 heteroatoms. The van der Waals surface area contributed by atoms with Crippen LogP contribution in [-0.2, 0) is 10.2 Å². The Morgan fingerprint density at radius 1 is 1.25 bits per heavy atom. The van der Waals surface area contributed by atoms with Crippen LogP contribution in [0.2, 0.25) is 0 Å². The average Bonchev–Trinajstić information content (AvgIpc) is 3.12. The summed E-state index contributed by atoms with van der Waals surface area (Å²) in [6, 6.07) is 13.0. The summed E-state index contributed by atoms with van der Waals surface area (Å²) in [5.74, 6) is 0.540. The Balaban J connectivity index is 0.00000169. The van der Waals surface area contributed by atoms with Gasteiger partial charge in [0.2, 0.25) is 5.91 Å². The summed E-state index contributed by atoms with van der Waals surface area (Å²) in [4.78, 5) is 12.8. The van der Waals surface area contributed by atoms with Gasteiger partial charge in [0.15, 0.2) is 11.5 Å². The standard InChI is InChI=1S/C18H18N2O3.ClH/c1-23-15-10-11(6-7-14(15)21)16-18(8-9-19-16)12-4-2-3-5-13(12)20-17(18)22;/h2-7,10,16,19,21H,8-9H2,1H3,(H,20,22);1H. The van der Waals surface area contributed by atoms with E-state index in [0.717, 1.165) is 29.8 Å². The third-order valence-corrected chi connectivity index (χ3v) is 4.96. The number of benzene rings is 2. The molecule has 24 heavy (non-hydrogen) atoms. The number of methoxy groups -OCH3 is 1. The number of hydrogen-bond donors (Lipinski definition) is 3. The average molecular weight is 347 g/mol. The zero-order chi connectivity index (χ0) is 16.0. The van der Waals surface area contributed by atoms with Crippen LogP contribution in [0.5, 0.6) is 11.5 Å². The summed E-state index contributed by atoms with van der Waals surface area (Å²) in [6.45, 7) is 0.760. The maximum Gasteiger partial charge on any atom is 0.237 e. The van der Waals surface area contributed by atoms with Crippen LogP contribution in [0.3, 0.4) is 0 Å². The maximum absolute atomic E-state index is 12.8. The number of rotatable bonds is 2. The molecule has 2 aromatic carbocycles. The molecule has 1 spiro atoms. The van der Waals surface area contributed by atoms with E-state index < -0.39 is 5.41 Å². The lowest BCUT2D eigenvalue weighted by molar-refractivity contribution is -0.121. The normalized spacial score (nSPS) is 24.4. The molecule has 1 amide bonds. The number of anilines is 1.